The van der Waals surface area contributed by atoms with Gasteiger partial charge < -0.3 is 9.52 Å². The Morgan fingerprint density at radius 3 is 2.79 bits per heavy atom. The molecule has 1 aromatic heterocycles. The van der Waals surface area contributed by atoms with Gasteiger partial charge in [-0.25, -0.2) is 4.98 Å². The topological polar surface area (TPSA) is 63.3 Å². The summed E-state index contributed by atoms with van der Waals surface area (Å²) in [5, 5.41) is 8.95. The van der Waals surface area contributed by atoms with Crippen molar-refractivity contribution in [3.8, 4) is 0 Å². The first-order valence-electron chi connectivity index (χ1n) is 4.66. The van der Waals surface area contributed by atoms with Gasteiger partial charge in [0, 0.05) is 6.42 Å². The van der Waals surface area contributed by atoms with E-state index in [1.165, 1.54) is 6.26 Å². The summed E-state index contributed by atoms with van der Waals surface area (Å²) in [6.07, 6.45) is 3.11. The molecule has 14 heavy (non-hydrogen) atoms. The third kappa shape index (κ3) is 1.95. The fourth-order valence-electron chi connectivity index (χ4n) is 1.04. The number of hydrogen-bond acceptors (Lipinski definition) is 3. The zero-order valence-corrected chi connectivity index (χ0v) is 8.70. The van der Waals surface area contributed by atoms with E-state index >= 15 is 0 Å². The SMILES string of the molecule is CCCc1nc(C(C)(C)C(=O)O)co1. The molecular formula is C10H15NO3. The third-order valence-electron chi connectivity index (χ3n) is 2.19. The zero-order valence-electron chi connectivity index (χ0n) is 8.70. The fourth-order valence-corrected chi connectivity index (χ4v) is 1.04. The highest BCUT2D eigenvalue weighted by Crippen LogP contribution is 2.22. The minimum Gasteiger partial charge on any atom is -0.481 e. The molecule has 0 saturated carbocycles. The first kappa shape index (κ1) is 10.8. The number of carbonyl (C=O) groups is 1. The van der Waals surface area contributed by atoms with Crippen molar-refractivity contribution in [1.82, 2.24) is 4.98 Å². The maximum absolute atomic E-state index is 10.9. The highest BCUT2D eigenvalue weighted by molar-refractivity contribution is 5.79. The van der Waals surface area contributed by atoms with Crippen LogP contribution in [0.5, 0.6) is 0 Å². The van der Waals surface area contributed by atoms with Crippen molar-refractivity contribution >= 4 is 5.97 Å². The van der Waals surface area contributed by atoms with Crippen LogP contribution in [0.25, 0.3) is 0 Å². The molecule has 0 aliphatic heterocycles. The zero-order chi connectivity index (χ0) is 10.8. The molecule has 0 aromatic carbocycles. The Bertz CT molecular complexity index is 328. The fraction of sp³-hybridized carbons (Fsp3) is 0.600. The van der Waals surface area contributed by atoms with Gasteiger partial charge in [0.25, 0.3) is 0 Å². The number of nitrogens with zero attached hydrogens (tertiary/aromatic N) is 1. The van der Waals surface area contributed by atoms with Crippen molar-refractivity contribution in [2.75, 3.05) is 0 Å². The van der Waals surface area contributed by atoms with Gasteiger partial charge in [0.2, 0.25) is 0 Å². The lowest BCUT2D eigenvalue weighted by atomic mass is 9.90. The lowest BCUT2D eigenvalue weighted by molar-refractivity contribution is -0.142. The van der Waals surface area contributed by atoms with Crippen LogP contribution in [0.2, 0.25) is 0 Å². The maximum Gasteiger partial charge on any atom is 0.315 e. The van der Waals surface area contributed by atoms with Crippen LogP contribution in [0, 0.1) is 0 Å². The van der Waals surface area contributed by atoms with Crippen molar-refractivity contribution in [2.24, 2.45) is 0 Å². The second kappa shape index (κ2) is 3.82. The van der Waals surface area contributed by atoms with Crippen molar-refractivity contribution < 1.29 is 14.3 Å². The van der Waals surface area contributed by atoms with E-state index < -0.39 is 11.4 Å². The van der Waals surface area contributed by atoms with Crippen LogP contribution in [-0.4, -0.2) is 16.1 Å². The van der Waals surface area contributed by atoms with E-state index in [4.69, 9.17) is 9.52 Å². The third-order valence-corrected chi connectivity index (χ3v) is 2.19. The first-order valence-corrected chi connectivity index (χ1v) is 4.66. The molecule has 1 rings (SSSR count). The largest absolute Gasteiger partial charge is 0.481 e. The number of aryl methyl sites for hydroxylation is 1. The summed E-state index contributed by atoms with van der Waals surface area (Å²) >= 11 is 0. The maximum atomic E-state index is 10.9. The minimum absolute atomic E-state index is 0.480. The van der Waals surface area contributed by atoms with Crippen LogP contribution < -0.4 is 0 Å². The Morgan fingerprint density at radius 2 is 2.29 bits per heavy atom. The molecule has 0 radical (unpaired) electrons. The van der Waals surface area contributed by atoms with Crippen molar-refractivity contribution in [3.05, 3.63) is 17.8 Å². The van der Waals surface area contributed by atoms with Gasteiger partial charge in [0.05, 0.1) is 5.69 Å². The molecule has 0 aliphatic carbocycles. The van der Waals surface area contributed by atoms with Crippen molar-refractivity contribution in [3.63, 3.8) is 0 Å². The molecule has 1 N–H and O–H groups in total. The molecule has 0 atom stereocenters. The normalized spacial score (nSPS) is 11.6. The monoisotopic (exact) mass is 197 g/mol. The van der Waals surface area contributed by atoms with Gasteiger partial charge in [-0.2, -0.15) is 0 Å². The van der Waals surface area contributed by atoms with Gasteiger partial charge in [0.1, 0.15) is 11.7 Å². The Hall–Kier alpha value is -1.32. The number of carboxylic acids is 1. The summed E-state index contributed by atoms with van der Waals surface area (Å²) in [5.74, 6) is -0.286. The predicted octanol–water partition coefficient (Wildman–Crippen LogP) is 1.99. The van der Waals surface area contributed by atoms with Gasteiger partial charge in [-0.05, 0) is 20.3 Å². The summed E-state index contributed by atoms with van der Waals surface area (Å²) in [4.78, 5) is 15.1. The van der Waals surface area contributed by atoms with Crippen LogP contribution in [0.15, 0.2) is 10.7 Å². The predicted molar refractivity (Wildman–Crippen MR) is 51.2 cm³/mol. The molecule has 0 unspecified atom stereocenters. The van der Waals surface area contributed by atoms with E-state index in [9.17, 15) is 4.79 Å². The molecule has 4 heteroatoms. The van der Waals surface area contributed by atoms with Gasteiger partial charge >= 0.3 is 5.97 Å². The van der Waals surface area contributed by atoms with Crippen LogP contribution in [-0.2, 0) is 16.6 Å². The Kier molecular flexibility index (Phi) is 2.93. The van der Waals surface area contributed by atoms with Gasteiger partial charge in [0.15, 0.2) is 5.89 Å². The van der Waals surface area contributed by atoms with Crippen LogP contribution in [0.4, 0.5) is 0 Å². The molecule has 1 heterocycles. The lowest BCUT2D eigenvalue weighted by Gasteiger charge is -2.14. The highest BCUT2D eigenvalue weighted by Gasteiger charge is 2.32. The number of oxazole rings is 1. The first-order chi connectivity index (χ1) is 6.48. The Balaban J connectivity index is 2.91. The molecule has 78 valence electrons. The average Bonchev–Trinajstić information content (AvgIpc) is 2.53. The van der Waals surface area contributed by atoms with E-state index in [-0.39, 0.29) is 0 Å². The summed E-state index contributed by atoms with van der Waals surface area (Å²) in [7, 11) is 0. The summed E-state index contributed by atoms with van der Waals surface area (Å²) in [5.41, 5.74) is -0.497. The summed E-state index contributed by atoms with van der Waals surface area (Å²) < 4.78 is 5.17. The summed E-state index contributed by atoms with van der Waals surface area (Å²) in [6, 6.07) is 0. The van der Waals surface area contributed by atoms with Crippen LogP contribution >= 0.6 is 0 Å². The number of carboxylic acid groups (broad SMARTS) is 1. The Morgan fingerprint density at radius 1 is 1.64 bits per heavy atom. The van der Waals surface area contributed by atoms with Crippen molar-refractivity contribution in [2.45, 2.75) is 39.0 Å². The molecule has 1 aromatic rings. The molecule has 0 fully saturated rings. The standard InChI is InChI=1S/C10H15NO3/c1-4-5-8-11-7(6-14-8)10(2,3)9(12)13/h6H,4-5H2,1-3H3,(H,12,13). The van der Waals surface area contributed by atoms with Crippen molar-refractivity contribution in [1.29, 1.82) is 0 Å². The molecule has 0 bridgehead atoms. The second-order valence-electron chi connectivity index (χ2n) is 3.81. The number of rotatable bonds is 4. The van der Waals surface area contributed by atoms with Gasteiger partial charge in [-0.3, -0.25) is 4.79 Å². The molecular weight excluding hydrogens is 182 g/mol. The minimum atomic E-state index is -0.977. The lowest BCUT2D eigenvalue weighted by Crippen LogP contribution is -2.28. The van der Waals surface area contributed by atoms with Crippen LogP contribution in [0.3, 0.4) is 0 Å². The summed E-state index contributed by atoms with van der Waals surface area (Å²) in [6.45, 7) is 5.25. The van der Waals surface area contributed by atoms with E-state index in [1.54, 1.807) is 13.8 Å². The quantitative estimate of drug-likeness (QED) is 0.801. The van der Waals surface area contributed by atoms with E-state index in [0.29, 0.717) is 11.6 Å². The number of hydrogen-bond donors (Lipinski definition) is 1. The molecule has 0 saturated heterocycles. The molecule has 0 aliphatic rings. The second-order valence-corrected chi connectivity index (χ2v) is 3.81. The highest BCUT2D eigenvalue weighted by atomic mass is 16.4. The van der Waals surface area contributed by atoms with E-state index in [2.05, 4.69) is 4.98 Å². The molecule has 4 nitrogen and oxygen atoms in total. The van der Waals surface area contributed by atoms with Crippen LogP contribution in [0.1, 0.15) is 38.8 Å². The average molecular weight is 197 g/mol. The number of aliphatic carboxylic acids is 1. The van der Waals surface area contributed by atoms with Gasteiger partial charge in [-0.15, -0.1) is 0 Å². The number of aromatic nitrogens is 1. The smallest absolute Gasteiger partial charge is 0.315 e. The van der Waals surface area contributed by atoms with Gasteiger partial charge in [-0.1, -0.05) is 6.92 Å². The Labute approximate surface area is 83.0 Å². The van der Waals surface area contributed by atoms with E-state index in [1.807, 2.05) is 6.92 Å². The molecule has 0 spiro atoms. The molecule has 0 amide bonds. The van der Waals surface area contributed by atoms with E-state index in [0.717, 1.165) is 12.8 Å².